The Morgan fingerprint density at radius 2 is 2.11 bits per heavy atom. The van der Waals surface area contributed by atoms with E-state index in [4.69, 9.17) is 21.4 Å². The van der Waals surface area contributed by atoms with Gasteiger partial charge < -0.3 is 24.6 Å². The van der Waals surface area contributed by atoms with Gasteiger partial charge in [0, 0.05) is 6.20 Å². The second kappa shape index (κ2) is 4.69. The maximum absolute atomic E-state index is 9.98. The zero-order valence-corrected chi connectivity index (χ0v) is 10.5. The van der Waals surface area contributed by atoms with Crippen LogP contribution in [-0.2, 0) is 4.74 Å². The van der Waals surface area contributed by atoms with Crippen LogP contribution in [0.15, 0.2) is 18.6 Å². The van der Waals surface area contributed by atoms with E-state index in [0.717, 1.165) is 0 Å². The molecule has 19 heavy (non-hydrogen) atoms. The number of rotatable bonds is 2. The number of aromatic nitrogens is 3. The largest absolute Gasteiger partial charge is 0.394 e. The number of fused-ring (bicyclic) bond motifs is 1. The topological polar surface area (TPSA) is 101 Å². The van der Waals surface area contributed by atoms with Crippen molar-refractivity contribution < 1.29 is 20.1 Å². The summed E-state index contributed by atoms with van der Waals surface area (Å²) >= 11 is 5.94. The minimum atomic E-state index is -1.15. The molecule has 3 heterocycles. The quantitative estimate of drug-likeness (QED) is 0.655. The predicted octanol–water partition coefficient (Wildman–Crippen LogP) is -0.304. The Bertz CT molecular complexity index is 605. The molecular formula is C11H12ClN3O4. The molecule has 0 spiro atoms. The third kappa shape index (κ3) is 1.90. The number of hydrogen-bond donors (Lipinski definition) is 3. The lowest BCUT2D eigenvalue weighted by Crippen LogP contribution is -2.33. The predicted molar refractivity (Wildman–Crippen MR) is 65.5 cm³/mol. The summed E-state index contributed by atoms with van der Waals surface area (Å²) in [7, 11) is 0. The highest BCUT2D eigenvalue weighted by Gasteiger charge is 2.43. The number of halogens is 1. The molecule has 2 aromatic rings. The zero-order valence-electron chi connectivity index (χ0n) is 9.72. The smallest absolute Gasteiger partial charge is 0.164 e. The molecule has 0 bridgehead atoms. The van der Waals surface area contributed by atoms with Gasteiger partial charge in [0.05, 0.1) is 12.0 Å². The van der Waals surface area contributed by atoms with Crippen LogP contribution in [0, 0.1) is 0 Å². The third-order valence-electron chi connectivity index (χ3n) is 3.25. The molecule has 0 aliphatic carbocycles. The first-order valence-corrected chi connectivity index (χ1v) is 6.10. The minimum absolute atomic E-state index is 0.301. The molecule has 2 aromatic heterocycles. The van der Waals surface area contributed by atoms with Crippen molar-refractivity contribution in [3.63, 3.8) is 0 Å². The summed E-state index contributed by atoms with van der Waals surface area (Å²) in [5.41, 5.74) is 0.495. The summed E-state index contributed by atoms with van der Waals surface area (Å²) in [4.78, 5) is 7.95. The Labute approximate surface area is 113 Å². The number of hydrogen-bond acceptors (Lipinski definition) is 6. The van der Waals surface area contributed by atoms with Gasteiger partial charge in [0.2, 0.25) is 0 Å². The van der Waals surface area contributed by atoms with Crippen molar-refractivity contribution in [2.45, 2.75) is 24.5 Å². The Kier molecular flexibility index (Phi) is 3.15. The SMILES string of the molecule is OC[C@H]1O[C@@H](n2ccc3c(Cl)ncnc32)[C@@H](O)[C@H]1O. The van der Waals surface area contributed by atoms with Crippen LogP contribution in [0.3, 0.4) is 0 Å². The monoisotopic (exact) mass is 285 g/mol. The molecule has 102 valence electrons. The van der Waals surface area contributed by atoms with E-state index >= 15 is 0 Å². The van der Waals surface area contributed by atoms with Gasteiger partial charge in [-0.2, -0.15) is 0 Å². The van der Waals surface area contributed by atoms with Gasteiger partial charge in [-0.3, -0.25) is 0 Å². The van der Waals surface area contributed by atoms with Crippen molar-refractivity contribution in [1.29, 1.82) is 0 Å². The molecule has 0 radical (unpaired) electrons. The number of nitrogens with zero attached hydrogens (tertiary/aromatic N) is 3. The standard InChI is InChI=1S/C11H12ClN3O4/c12-9-5-1-2-15(10(5)14-4-13-9)11-8(18)7(17)6(3-16)19-11/h1-2,4,6-8,11,16-18H,3H2/t6-,7+,8+,11-/m1/s1. The molecule has 7 nitrogen and oxygen atoms in total. The Morgan fingerprint density at radius 3 is 2.79 bits per heavy atom. The first kappa shape index (κ1) is 12.8. The van der Waals surface area contributed by atoms with Crippen molar-refractivity contribution in [3.8, 4) is 0 Å². The van der Waals surface area contributed by atoms with Crippen LogP contribution >= 0.6 is 11.6 Å². The summed E-state index contributed by atoms with van der Waals surface area (Å²) in [6, 6.07) is 1.70. The van der Waals surface area contributed by atoms with E-state index in [-0.39, 0.29) is 6.61 Å². The summed E-state index contributed by atoms with van der Waals surface area (Å²) in [5, 5.41) is 29.7. The summed E-state index contributed by atoms with van der Waals surface area (Å²) in [5.74, 6) is 0. The molecule has 0 saturated carbocycles. The van der Waals surface area contributed by atoms with Crippen LogP contribution in [0.4, 0.5) is 0 Å². The highest BCUT2D eigenvalue weighted by molar-refractivity contribution is 6.33. The van der Waals surface area contributed by atoms with Crippen molar-refractivity contribution >= 4 is 22.6 Å². The van der Waals surface area contributed by atoms with Crippen molar-refractivity contribution in [1.82, 2.24) is 14.5 Å². The molecule has 8 heteroatoms. The lowest BCUT2D eigenvalue weighted by Gasteiger charge is -2.17. The molecule has 1 fully saturated rings. The molecule has 0 unspecified atom stereocenters. The second-order valence-corrected chi connectivity index (χ2v) is 4.71. The van der Waals surface area contributed by atoms with E-state index < -0.39 is 24.5 Å². The number of ether oxygens (including phenoxy) is 1. The lowest BCUT2D eigenvalue weighted by molar-refractivity contribution is -0.0508. The highest BCUT2D eigenvalue weighted by Crippen LogP contribution is 2.32. The van der Waals surface area contributed by atoms with Crippen LogP contribution in [0.25, 0.3) is 11.0 Å². The average molecular weight is 286 g/mol. The van der Waals surface area contributed by atoms with Gasteiger partial charge in [0.25, 0.3) is 0 Å². The van der Waals surface area contributed by atoms with Crippen molar-refractivity contribution in [2.75, 3.05) is 6.61 Å². The van der Waals surface area contributed by atoms with Crippen LogP contribution in [0.1, 0.15) is 6.23 Å². The first-order chi connectivity index (χ1) is 9.13. The van der Waals surface area contributed by atoms with Gasteiger partial charge in [0.1, 0.15) is 35.4 Å². The number of aliphatic hydroxyl groups excluding tert-OH is 3. The van der Waals surface area contributed by atoms with E-state index in [1.54, 1.807) is 16.8 Å². The summed E-state index contributed by atoms with van der Waals surface area (Å²) in [6.07, 6.45) is -0.995. The molecule has 4 atom stereocenters. The van der Waals surface area contributed by atoms with Gasteiger partial charge in [-0.05, 0) is 6.07 Å². The lowest BCUT2D eigenvalue weighted by atomic mass is 10.1. The number of aliphatic hydroxyl groups is 3. The molecule has 0 amide bonds. The second-order valence-electron chi connectivity index (χ2n) is 4.35. The maximum atomic E-state index is 9.98. The van der Waals surface area contributed by atoms with Gasteiger partial charge >= 0.3 is 0 Å². The van der Waals surface area contributed by atoms with Crippen LogP contribution in [0.5, 0.6) is 0 Å². The molecule has 1 saturated heterocycles. The van der Waals surface area contributed by atoms with Crippen LogP contribution in [-0.4, -0.2) is 54.8 Å². The van der Waals surface area contributed by atoms with E-state index in [1.807, 2.05) is 0 Å². The van der Waals surface area contributed by atoms with Crippen molar-refractivity contribution in [3.05, 3.63) is 23.7 Å². The fraction of sp³-hybridized carbons (Fsp3) is 0.455. The van der Waals surface area contributed by atoms with Crippen LogP contribution in [0.2, 0.25) is 5.15 Å². The molecule has 0 aromatic carbocycles. The molecule has 3 N–H and O–H groups in total. The molecule has 1 aliphatic rings. The van der Waals surface area contributed by atoms with Gasteiger partial charge in [-0.1, -0.05) is 11.6 Å². The molecule has 1 aliphatic heterocycles. The Balaban J connectivity index is 2.04. The molecule has 3 rings (SSSR count). The van der Waals surface area contributed by atoms with Crippen molar-refractivity contribution in [2.24, 2.45) is 0 Å². The van der Waals surface area contributed by atoms with E-state index in [0.29, 0.717) is 16.2 Å². The third-order valence-corrected chi connectivity index (χ3v) is 3.55. The first-order valence-electron chi connectivity index (χ1n) is 5.73. The van der Waals surface area contributed by atoms with E-state index in [1.165, 1.54) is 6.33 Å². The highest BCUT2D eigenvalue weighted by atomic mass is 35.5. The molecular weight excluding hydrogens is 274 g/mol. The van der Waals surface area contributed by atoms with E-state index in [9.17, 15) is 10.2 Å². The summed E-state index contributed by atoms with van der Waals surface area (Å²) < 4.78 is 7.00. The van der Waals surface area contributed by atoms with Crippen LogP contribution < -0.4 is 0 Å². The van der Waals surface area contributed by atoms with Gasteiger partial charge in [0.15, 0.2) is 6.23 Å². The maximum Gasteiger partial charge on any atom is 0.164 e. The normalized spacial score (nSPS) is 31.2. The average Bonchev–Trinajstić information content (AvgIpc) is 2.94. The van der Waals surface area contributed by atoms with Gasteiger partial charge in [-0.25, -0.2) is 9.97 Å². The minimum Gasteiger partial charge on any atom is -0.394 e. The zero-order chi connectivity index (χ0) is 13.6. The summed E-state index contributed by atoms with van der Waals surface area (Å²) in [6.45, 7) is -0.371. The Morgan fingerprint density at radius 1 is 1.32 bits per heavy atom. The Hall–Kier alpha value is -1.25. The van der Waals surface area contributed by atoms with E-state index in [2.05, 4.69) is 9.97 Å². The van der Waals surface area contributed by atoms with Gasteiger partial charge in [-0.15, -0.1) is 0 Å². The fourth-order valence-corrected chi connectivity index (χ4v) is 2.45. The fourth-order valence-electron chi connectivity index (χ4n) is 2.26.